The minimum atomic E-state index is -0.463. The quantitative estimate of drug-likeness (QED) is 0.874. The molecule has 1 aromatic carbocycles. The summed E-state index contributed by atoms with van der Waals surface area (Å²) in [6.07, 6.45) is 1.33. The van der Waals surface area contributed by atoms with Crippen LogP contribution in [-0.2, 0) is 6.54 Å². The predicted octanol–water partition coefficient (Wildman–Crippen LogP) is 2.12. The number of aromatic amines is 1. The fourth-order valence-electron chi connectivity index (χ4n) is 1.67. The third-order valence-corrected chi connectivity index (χ3v) is 3.65. The highest BCUT2D eigenvalue weighted by atomic mass is 79.9. The molecule has 0 amide bonds. The Labute approximate surface area is 125 Å². The first-order valence-electron chi connectivity index (χ1n) is 5.33. The Bertz CT molecular complexity index is 722. The highest BCUT2D eigenvalue weighted by Gasteiger charge is 2.10. The maximum Gasteiger partial charge on any atom is 0.328 e. The van der Waals surface area contributed by atoms with E-state index in [1.54, 1.807) is 13.2 Å². The van der Waals surface area contributed by atoms with Gasteiger partial charge in [0.1, 0.15) is 5.75 Å². The molecule has 2 aromatic rings. The molecule has 0 unspecified atom stereocenters. The molecule has 0 aliphatic carbocycles. The summed E-state index contributed by atoms with van der Waals surface area (Å²) in [6, 6.07) is 5.42. The molecule has 5 nitrogen and oxygen atoms in total. The standard InChI is InChI=1S/C12H10Br2N2O3/c1-19-10-3-2-8(13)4-7(10)6-16-11(17)9(14)5-15-12(16)18/h2-5H,6H2,1H3,(H,15,18). The number of hydrogen-bond acceptors (Lipinski definition) is 3. The second-order valence-corrected chi connectivity index (χ2v) is 5.56. The molecule has 0 radical (unpaired) electrons. The Hall–Kier alpha value is -1.34. The first-order chi connectivity index (χ1) is 9.02. The predicted molar refractivity (Wildman–Crippen MR) is 78.8 cm³/mol. The van der Waals surface area contributed by atoms with Crippen LogP contribution in [0.1, 0.15) is 5.56 Å². The second-order valence-electron chi connectivity index (χ2n) is 3.79. The van der Waals surface area contributed by atoms with Crippen LogP contribution in [0.3, 0.4) is 0 Å². The molecule has 100 valence electrons. The molecule has 1 N–H and O–H groups in total. The fourth-order valence-corrected chi connectivity index (χ4v) is 2.41. The highest BCUT2D eigenvalue weighted by molar-refractivity contribution is 9.10. The number of ether oxygens (including phenoxy) is 1. The van der Waals surface area contributed by atoms with Crippen LogP contribution in [0.4, 0.5) is 0 Å². The molecular weight excluding hydrogens is 380 g/mol. The van der Waals surface area contributed by atoms with Gasteiger partial charge in [0.25, 0.3) is 5.56 Å². The summed E-state index contributed by atoms with van der Waals surface area (Å²) in [7, 11) is 1.54. The lowest BCUT2D eigenvalue weighted by atomic mass is 10.2. The molecule has 0 spiro atoms. The molecule has 19 heavy (non-hydrogen) atoms. The van der Waals surface area contributed by atoms with Gasteiger partial charge in [-0.25, -0.2) is 4.79 Å². The van der Waals surface area contributed by atoms with Crippen LogP contribution in [-0.4, -0.2) is 16.7 Å². The van der Waals surface area contributed by atoms with Crippen LogP contribution < -0.4 is 16.0 Å². The summed E-state index contributed by atoms with van der Waals surface area (Å²) in [4.78, 5) is 26.1. The van der Waals surface area contributed by atoms with Crippen molar-refractivity contribution in [3.63, 3.8) is 0 Å². The van der Waals surface area contributed by atoms with Gasteiger partial charge in [0.15, 0.2) is 0 Å². The van der Waals surface area contributed by atoms with Crippen LogP contribution in [0.15, 0.2) is 42.9 Å². The summed E-state index contributed by atoms with van der Waals surface area (Å²) in [5, 5.41) is 0. The van der Waals surface area contributed by atoms with Gasteiger partial charge >= 0.3 is 5.69 Å². The van der Waals surface area contributed by atoms with Crippen molar-refractivity contribution >= 4 is 31.9 Å². The average molecular weight is 390 g/mol. The van der Waals surface area contributed by atoms with E-state index in [1.165, 1.54) is 6.20 Å². The van der Waals surface area contributed by atoms with Crippen LogP contribution in [0.2, 0.25) is 0 Å². The Morgan fingerprint density at radius 2 is 2.05 bits per heavy atom. The summed E-state index contributed by atoms with van der Waals surface area (Å²) in [5.41, 5.74) is -0.108. The van der Waals surface area contributed by atoms with E-state index in [9.17, 15) is 9.59 Å². The molecule has 0 aliphatic rings. The zero-order valence-electron chi connectivity index (χ0n) is 9.94. The van der Waals surface area contributed by atoms with Crippen molar-refractivity contribution in [2.75, 3.05) is 7.11 Å². The van der Waals surface area contributed by atoms with E-state index in [4.69, 9.17) is 4.74 Å². The Morgan fingerprint density at radius 1 is 1.32 bits per heavy atom. The molecule has 0 saturated carbocycles. The van der Waals surface area contributed by atoms with Crippen LogP contribution >= 0.6 is 31.9 Å². The number of halogens is 2. The number of hydrogen-bond donors (Lipinski definition) is 1. The lowest BCUT2D eigenvalue weighted by Crippen LogP contribution is -2.35. The normalized spacial score (nSPS) is 10.5. The molecular formula is C12H10Br2N2O3. The van der Waals surface area contributed by atoms with E-state index in [-0.39, 0.29) is 12.1 Å². The maximum atomic E-state index is 11.9. The van der Waals surface area contributed by atoms with Gasteiger partial charge in [0.2, 0.25) is 0 Å². The van der Waals surface area contributed by atoms with Crippen molar-refractivity contribution in [3.8, 4) is 5.75 Å². The topological polar surface area (TPSA) is 64.1 Å². The summed E-state index contributed by atoms with van der Waals surface area (Å²) in [6.45, 7) is 0.135. The molecule has 0 aliphatic heterocycles. The molecule has 1 aromatic heterocycles. The van der Waals surface area contributed by atoms with Crippen LogP contribution in [0.25, 0.3) is 0 Å². The number of nitrogens with zero attached hydrogens (tertiary/aromatic N) is 1. The SMILES string of the molecule is COc1ccc(Br)cc1Cn1c(=O)[nH]cc(Br)c1=O. The monoisotopic (exact) mass is 388 g/mol. The third kappa shape index (κ3) is 2.98. The van der Waals surface area contributed by atoms with Gasteiger partial charge in [0, 0.05) is 16.2 Å². The fraction of sp³-hybridized carbons (Fsp3) is 0.167. The number of rotatable bonds is 3. The Kier molecular flexibility index (Phi) is 4.26. The van der Waals surface area contributed by atoms with Gasteiger partial charge in [-0.3, -0.25) is 9.36 Å². The number of H-pyrrole nitrogens is 1. The van der Waals surface area contributed by atoms with Crippen LogP contribution in [0.5, 0.6) is 5.75 Å². The number of methoxy groups -OCH3 is 1. The van der Waals surface area contributed by atoms with Crippen molar-refractivity contribution in [1.29, 1.82) is 0 Å². The largest absolute Gasteiger partial charge is 0.496 e. The van der Waals surface area contributed by atoms with Crippen molar-refractivity contribution in [3.05, 3.63) is 59.7 Å². The van der Waals surface area contributed by atoms with Crippen molar-refractivity contribution in [2.45, 2.75) is 6.54 Å². The summed E-state index contributed by atoms with van der Waals surface area (Å²) < 4.78 is 7.48. The third-order valence-electron chi connectivity index (χ3n) is 2.59. The number of aromatic nitrogens is 2. The molecule has 0 fully saturated rings. The van der Waals surface area contributed by atoms with Gasteiger partial charge in [-0.15, -0.1) is 0 Å². The molecule has 7 heteroatoms. The Balaban J connectivity index is 2.53. The van der Waals surface area contributed by atoms with E-state index in [2.05, 4.69) is 36.8 Å². The minimum Gasteiger partial charge on any atom is -0.496 e. The number of benzene rings is 1. The van der Waals surface area contributed by atoms with E-state index >= 15 is 0 Å². The first-order valence-corrected chi connectivity index (χ1v) is 6.92. The maximum absolute atomic E-state index is 11.9. The average Bonchev–Trinajstić information content (AvgIpc) is 2.39. The van der Waals surface area contributed by atoms with E-state index in [0.717, 1.165) is 14.6 Å². The van der Waals surface area contributed by atoms with Crippen molar-refractivity contribution in [2.24, 2.45) is 0 Å². The smallest absolute Gasteiger partial charge is 0.328 e. The van der Waals surface area contributed by atoms with E-state index in [1.807, 2.05) is 12.1 Å². The van der Waals surface area contributed by atoms with Gasteiger partial charge < -0.3 is 9.72 Å². The molecule has 2 rings (SSSR count). The van der Waals surface area contributed by atoms with Crippen molar-refractivity contribution in [1.82, 2.24) is 9.55 Å². The van der Waals surface area contributed by atoms with Gasteiger partial charge in [-0.2, -0.15) is 0 Å². The van der Waals surface area contributed by atoms with Gasteiger partial charge in [0.05, 0.1) is 18.1 Å². The first kappa shape index (κ1) is 14.1. The van der Waals surface area contributed by atoms with Crippen LogP contribution in [0, 0.1) is 0 Å². The van der Waals surface area contributed by atoms with Crippen molar-refractivity contribution < 1.29 is 4.74 Å². The van der Waals surface area contributed by atoms with E-state index < -0.39 is 5.69 Å². The summed E-state index contributed by atoms with van der Waals surface area (Å²) >= 11 is 6.45. The van der Waals surface area contributed by atoms with E-state index in [0.29, 0.717) is 10.2 Å². The Morgan fingerprint density at radius 3 is 2.74 bits per heavy atom. The molecule has 0 saturated heterocycles. The number of nitrogens with one attached hydrogen (secondary N) is 1. The zero-order chi connectivity index (χ0) is 14.0. The molecule has 0 atom stereocenters. The second kappa shape index (κ2) is 5.75. The minimum absolute atomic E-state index is 0.135. The zero-order valence-corrected chi connectivity index (χ0v) is 13.1. The molecule has 0 bridgehead atoms. The lowest BCUT2D eigenvalue weighted by Gasteiger charge is -2.10. The lowest BCUT2D eigenvalue weighted by molar-refractivity contribution is 0.407. The van der Waals surface area contributed by atoms with Gasteiger partial charge in [-0.05, 0) is 34.1 Å². The highest BCUT2D eigenvalue weighted by Crippen LogP contribution is 2.23. The van der Waals surface area contributed by atoms with Gasteiger partial charge in [-0.1, -0.05) is 15.9 Å². The molecule has 1 heterocycles. The summed E-state index contributed by atoms with van der Waals surface area (Å²) in [5.74, 6) is 0.620.